The van der Waals surface area contributed by atoms with Crippen molar-refractivity contribution in [2.24, 2.45) is 0 Å². The van der Waals surface area contributed by atoms with Crippen molar-refractivity contribution in [3.63, 3.8) is 0 Å². The van der Waals surface area contributed by atoms with Gasteiger partial charge in [-0.1, -0.05) is 31.5 Å². The number of hydrogen-bond acceptors (Lipinski definition) is 3. The van der Waals surface area contributed by atoms with Crippen molar-refractivity contribution in [3.05, 3.63) is 29.8 Å². The lowest BCUT2D eigenvalue weighted by molar-refractivity contribution is 0.473. The summed E-state index contributed by atoms with van der Waals surface area (Å²) in [6.45, 7) is 2.28. The van der Waals surface area contributed by atoms with E-state index in [4.69, 9.17) is 0 Å². The molecule has 0 radical (unpaired) electrons. The van der Waals surface area contributed by atoms with Crippen LogP contribution in [0.25, 0.3) is 0 Å². The van der Waals surface area contributed by atoms with Crippen LogP contribution in [0.5, 0.6) is 0 Å². The van der Waals surface area contributed by atoms with Gasteiger partial charge in [-0.3, -0.25) is 0 Å². The lowest BCUT2D eigenvalue weighted by Gasteiger charge is -2.24. The Kier molecular flexibility index (Phi) is 4.22. The van der Waals surface area contributed by atoms with Gasteiger partial charge >= 0.3 is 0 Å². The van der Waals surface area contributed by atoms with E-state index in [0.717, 1.165) is 11.3 Å². The quantitative estimate of drug-likeness (QED) is 0.891. The Hall–Kier alpha value is -0.120. The number of hydrogen-bond donors (Lipinski definition) is 1. The Morgan fingerprint density at radius 3 is 3.11 bits per heavy atom. The summed E-state index contributed by atoms with van der Waals surface area (Å²) in [4.78, 5) is 1.48. The average Bonchev–Trinajstić information content (AvgIpc) is 2.99. The highest BCUT2D eigenvalue weighted by Crippen LogP contribution is 2.40. The van der Waals surface area contributed by atoms with Gasteiger partial charge in [0.2, 0.25) is 0 Å². The van der Waals surface area contributed by atoms with Crippen molar-refractivity contribution in [3.8, 4) is 0 Å². The molecule has 1 fully saturated rings. The van der Waals surface area contributed by atoms with Gasteiger partial charge in [-0.05, 0) is 30.2 Å². The molecule has 1 aliphatic carbocycles. The van der Waals surface area contributed by atoms with Gasteiger partial charge in [0.25, 0.3) is 0 Å². The smallest absolute Gasteiger partial charge is 0.0429 e. The maximum atomic E-state index is 3.93. The molecule has 98 valence electrons. The van der Waals surface area contributed by atoms with Crippen LogP contribution in [0.2, 0.25) is 0 Å². The summed E-state index contributed by atoms with van der Waals surface area (Å²) in [5.74, 6) is 2.46. The highest BCUT2D eigenvalue weighted by Gasteiger charge is 2.31. The fourth-order valence-corrected chi connectivity index (χ4v) is 5.47. The topological polar surface area (TPSA) is 12.0 Å². The Morgan fingerprint density at radius 2 is 2.22 bits per heavy atom. The zero-order valence-electron chi connectivity index (χ0n) is 10.9. The normalized spacial score (nSPS) is 30.6. The first-order valence-electron chi connectivity index (χ1n) is 6.98. The molecule has 1 saturated carbocycles. The first-order chi connectivity index (χ1) is 8.88. The lowest BCUT2D eigenvalue weighted by Crippen LogP contribution is -2.37. The van der Waals surface area contributed by atoms with E-state index in [1.165, 1.54) is 41.2 Å². The van der Waals surface area contributed by atoms with Crippen LogP contribution >= 0.6 is 23.5 Å². The summed E-state index contributed by atoms with van der Waals surface area (Å²) in [5.41, 5.74) is 1.52. The van der Waals surface area contributed by atoms with Gasteiger partial charge in [0, 0.05) is 28.0 Å². The van der Waals surface area contributed by atoms with Gasteiger partial charge < -0.3 is 5.32 Å². The fraction of sp³-hybridized carbons (Fsp3) is 0.600. The SMILES string of the molecule is CCSC1CCCC1NC1CSc2ccccc21. The maximum absolute atomic E-state index is 3.93. The van der Waals surface area contributed by atoms with E-state index in [1.807, 2.05) is 11.8 Å². The van der Waals surface area contributed by atoms with Gasteiger partial charge in [0.1, 0.15) is 0 Å². The highest BCUT2D eigenvalue weighted by molar-refractivity contribution is 8.00. The number of fused-ring (bicyclic) bond motifs is 1. The molecular formula is C15H21NS2. The third-order valence-corrected chi connectivity index (χ3v) is 6.46. The highest BCUT2D eigenvalue weighted by atomic mass is 32.2. The molecule has 0 saturated heterocycles. The molecule has 18 heavy (non-hydrogen) atoms. The second-order valence-electron chi connectivity index (χ2n) is 5.10. The molecule has 3 rings (SSSR count). The van der Waals surface area contributed by atoms with Crippen molar-refractivity contribution in [1.29, 1.82) is 0 Å². The van der Waals surface area contributed by atoms with Crippen LogP contribution in [-0.4, -0.2) is 22.8 Å². The van der Waals surface area contributed by atoms with Crippen LogP contribution in [0, 0.1) is 0 Å². The molecule has 0 spiro atoms. The zero-order valence-corrected chi connectivity index (χ0v) is 12.5. The number of nitrogens with one attached hydrogen (secondary N) is 1. The van der Waals surface area contributed by atoms with Crippen molar-refractivity contribution in [2.75, 3.05) is 11.5 Å². The van der Waals surface area contributed by atoms with Crippen LogP contribution in [0.3, 0.4) is 0 Å². The predicted octanol–water partition coefficient (Wildman–Crippen LogP) is 4.10. The molecule has 3 atom stereocenters. The predicted molar refractivity (Wildman–Crippen MR) is 82.6 cm³/mol. The van der Waals surface area contributed by atoms with Crippen LogP contribution in [0.4, 0.5) is 0 Å². The van der Waals surface area contributed by atoms with Crippen molar-refractivity contribution in [2.45, 2.75) is 48.4 Å². The van der Waals surface area contributed by atoms with Crippen molar-refractivity contribution >= 4 is 23.5 Å². The molecule has 1 aromatic carbocycles. The Labute approximate surface area is 119 Å². The van der Waals surface area contributed by atoms with E-state index in [-0.39, 0.29) is 0 Å². The molecule has 2 aliphatic rings. The fourth-order valence-electron chi connectivity index (χ4n) is 3.09. The monoisotopic (exact) mass is 279 g/mol. The second-order valence-corrected chi connectivity index (χ2v) is 7.68. The van der Waals surface area contributed by atoms with E-state index >= 15 is 0 Å². The number of thioether (sulfide) groups is 2. The molecule has 1 aliphatic heterocycles. The molecule has 1 heterocycles. The lowest BCUT2D eigenvalue weighted by atomic mass is 10.1. The minimum Gasteiger partial charge on any atom is -0.305 e. The van der Waals surface area contributed by atoms with E-state index in [0.29, 0.717) is 6.04 Å². The van der Waals surface area contributed by atoms with E-state index < -0.39 is 0 Å². The van der Waals surface area contributed by atoms with E-state index in [9.17, 15) is 0 Å². The number of benzene rings is 1. The first kappa shape index (κ1) is 12.9. The molecular weight excluding hydrogens is 258 g/mol. The van der Waals surface area contributed by atoms with Gasteiger partial charge in [-0.15, -0.1) is 11.8 Å². The van der Waals surface area contributed by atoms with Gasteiger partial charge in [-0.2, -0.15) is 11.8 Å². The molecule has 1 nitrogen and oxygen atoms in total. The zero-order chi connectivity index (χ0) is 12.4. The van der Waals surface area contributed by atoms with Crippen molar-refractivity contribution in [1.82, 2.24) is 5.32 Å². The van der Waals surface area contributed by atoms with Crippen LogP contribution < -0.4 is 5.32 Å². The Balaban J connectivity index is 1.67. The van der Waals surface area contributed by atoms with Crippen LogP contribution in [0.1, 0.15) is 37.8 Å². The van der Waals surface area contributed by atoms with Crippen molar-refractivity contribution < 1.29 is 0 Å². The van der Waals surface area contributed by atoms with Gasteiger partial charge in [0.05, 0.1) is 0 Å². The summed E-state index contributed by atoms with van der Waals surface area (Å²) in [6.07, 6.45) is 4.16. The standard InChI is InChI=1S/C15H21NS2/c1-2-17-15-9-5-7-12(15)16-13-10-18-14-8-4-3-6-11(13)14/h3-4,6,8,12-13,15-16H,2,5,7,9-10H2,1H3. The molecule has 3 unspecified atom stereocenters. The Bertz CT molecular complexity index is 407. The summed E-state index contributed by atoms with van der Waals surface area (Å²) in [6, 6.07) is 10.2. The largest absolute Gasteiger partial charge is 0.305 e. The summed E-state index contributed by atoms with van der Waals surface area (Å²) >= 11 is 4.15. The Morgan fingerprint density at radius 1 is 1.33 bits per heavy atom. The van der Waals surface area contributed by atoms with Gasteiger partial charge in [-0.25, -0.2) is 0 Å². The second kappa shape index (κ2) is 5.89. The minimum atomic E-state index is 0.578. The minimum absolute atomic E-state index is 0.578. The van der Waals surface area contributed by atoms with Crippen LogP contribution in [0.15, 0.2) is 29.2 Å². The summed E-state index contributed by atoms with van der Waals surface area (Å²) < 4.78 is 0. The number of rotatable bonds is 4. The molecule has 3 heteroatoms. The van der Waals surface area contributed by atoms with Gasteiger partial charge in [0.15, 0.2) is 0 Å². The van der Waals surface area contributed by atoms with E-state index in [1.54, 1.807) is 0 Å². The maximum Gasteiger partial charge on any atom is 0.0429 e. The summed E-state index contributed by atoms with van der Waals surface area (Å²) in [5, 5.41) is 4.77. The summed E-state index contributed by atoms with van der Waals surface area (Å²) in [7, 11) is 0. The molecule has 0 amide bonds. The first-order valence-corrected chi connectivity index (χ1v) is 9.01. The third kappa shape index (κ3) is 2.59. The van der Waals surface area contributed by atoms with Crippen LogP contribution in [-0.2, 0) is 0 Å². The van der Waals surface area contributed by atoms with E-state index in [2.05, 4.69) is 48.3 Å². The molecule has 0 bridgehead atoms. The molecule has 0 aromatic heterocycles. The molecule has 1 N–H and O–H groups in total. The average molecular weight is 279 g/mol. The molecule has 1 aromatic rings. The third-order valence-electron chi connectivity index (χ3n) is 3.95.